The number of fused-ring (bicyclic) bond motifs is 1. The van der Waals surface area contributed by atoms with E-state index in [0.717, 1.165) is 12.1 Å². The van der Waals surface area contributed by atoms with Gasteiger partial charge in [0.25, 0.3) is 0 Å². The Morgan fingerprint density at radius 1 is 1.27 bits per heavy atom. The largest absolute Gasteiger partial charge is 0.381 e. The Kier molecular flexibility index (Phi) is 5.99. The fraction of sp³-hybridized carbons (Fsp3) is 0.765. The second kappa shape index (κ2) is 8.06. The summed E-state index contributed by atoms with van der Waals surface area (Å²) in [7, 11) is -3.13. The predicted octanol–water partition coefficient (Wildman–Crippen LogP) is 0.139. The predicted molar refractivity (Wildman–Crippen MR) is 97.4 cm³/mol. The molecule has 9 heteroatoms. The number of nitrogens with zero attached hydrogens (tertiary/aromatic N) is 4. The molecule has 0 spiro atoms. The third kappa shape index (κ3) is 4.27. The van der Waals surface area contributed by atoms with E-state index in [1.165, 1.54) is 0 Å². The van der Waals surface area contributed by atoms with Gasteiger partial charge in [0, 0.05) is 50.6 Å². The molecule has 3 heterocycles. The van der Waals surface area contributed by atoms with Crippen LogP contribution in [-0.4, -0.2) is 83.8 Å². The van der Waals surface area contributed by atoms with Crippen LogP contribution >= 0.6 is 0 Å². The third-order valence-corrected chi connectivity index (χ3v) is 6.87. The minimum Gasteiger partial charge on any atom is -0.381 e. The van der Waals surface area contributed by atoms with E-state index in [1.807, 2.05) is 30.9 Å². The van der Waals surface area contributed by atoms with Gasteiger partial charge in [-0.3, -0.25) is 14.4 Å². The lowest BCUT2D eigenvalue weighted by Gasteiger charge is -2.43. The number of piperazine rings is 1. The normalized spacial score (nSPS) is 25.4. The van der Waals surface area contributed by atoms with Crippen LogP contribution in [0.2, 0.25) is 0 Å². The molecule has 146 valence electrons. The molecule has 1 aromatic rings. The van der Waals surface area contributed by atoms with Gasteiger partial charge < -0.3 is 9.64 Å². The van der Waals surface area contributed by atoms with Crippen molar-refractivity contribution in [1.29, 1.82) is 0 Å². The van der Waals surface area contributed by atoms with Crippen LogP contribution < -0.4 is 0 Å². The van der Waals surface area contributed by atoms with Gasteiger partial charge in [-0.1, -0.05) is 0 Å². The maximum atomic E-state index is 12.6. The summed E-state index contributed by atoms with van der Waals surface area (Å²) < 4.78 is 31.7. The molecule has 2 saturated heterocycles. The molecule has 0 aliphatic carbocycles. The fourth-order valence-electron chi connectivity index (χ4n) is 3.87. The number of hydrogen-bond donors (Lipinski definition) is 0. The summed E-state index contributed by atoms with van der Waals surface area (Å²) in [6, 6.07) is -0.404. The summed E-state index contributed by atoms with van der Waals surface area (Å²) in [6.07, 6.45) is 4.14. The van der Waals surface area contributed by atoms with Crippen LogP contribution in [0.25, 0.3) is 0 Å². The first kappa shape index (κ1) is 19.3. The maximum absolute atomic E-state index is 12.6. The summed E-state index contributed by atoms with van der Waals surface area (Å²) >= 11 is 0. The Bertz CT molecular complexity index is 733. The number of aromatic nitrogens is 2. The highest BCUT2D eigenvalue weighted by Crippen LogP contribution is 2.28. The van der Waals surface area contributed by atoms with Gasteiger partial charge in [0.1, 0.15) is 0 Å². The fourth-order valence-corrected chi connectivity index (χ4v) is 5.89. The van der Waals surface area contributed by atoms with E-state index in [-0.39, 0.29) is 29.5 Å². The summed E-state index contributed by atoms with van der Waals surface area (Å²) in [5, 5.41) is 4.29. The molecule has 0 radical (unpaired) electrons. The Morgan fingerprint density at radius 3 is 2.73 bits per heavy atom. The summed E-state index contributed by atoms with van der Waals surface area (Å²) in [6.45, 7) is 7.59. The van der Waals surface area contributed by atoms with Crippen LogP contribution in [0.1, 0.15) is 25.8 Å². The van der Waals surface area contributed by atoms with Crippen LogP contribution in [0, 0.1) is 0 Å². The molecule has 1 aromatic heterocycles. The Balaban J connectivity index is 1.71. The monoisotopic (exact) mass is 384 g/mol. The third-order valence-electron chi connectivity index (χ3n) is 5.17. The van der Waals surface area contributed by atoms with Crippen LogP contribution in [0.3, 0.4) is 0 Å². The molecule has 1 amide bonds. The maximum Gasteiger partial charge on any atom is 0.225 e. The summed E-state index contributed by atoms with van der Waals surface area (Å²) in [5.41, 5.74) is 1.08. The lowest BCUT2D eigenvalue weighted by atomic mass is 10.0. The molecule has 26 heavy (non-hydrogen) atoms. The van der Waals surface area contributed by atoms with E-state index >= 15 is 0 Å². The summed E-state index contributed by atoms with van der Waals surface area (Å²) in [5.74, 6) is 0.168. The SMILES string of the molecule is CCOCCC(=O)N1CCN(Cc2cnn(CC)c2)[C@H]2CS(=O)(=O)C[C@H]21. The first-order chi connectivity index (χ1) is 12.4. The van der Waals surface area contributed by atoms with Crippen LogP contribution in [0.4, 0.5) is 0 Å². The van der Waals surface area contributed by atoms with E-state index in [9.17, 15) is 13.2 Å². The van der Waals surface area contributed by atoms with Crippen LogP contribution in [0.5, 0.6) is 0 Å². The topological polar surface area (TPSA) is 84.7 Å². The minimum atomic E-state index is -3.13. The van der Waals surface area contributed by atoms with Gasteiger partial charge in [0.05, 0.1) is 36.8 Å². The zero-order valence-electron chi connectivity index (χ0n) is 15.5. The van der Waals surface area contributed by atoms with Gasteiger partial charge in [-0.2, -0.15) is 5.10 Å². The average Bonchev–Trinajstić information content (AvgIpc) is 3.18. The number of rotatable bonds is 7. The number of ether oxygens (including phenoxy) is 1. The van der Waals surface area contributed by atoms with Gasteiger partial charge >= 0.3 is 0 Å². The lowest BCUT2D eigenvalue weighted by molar-refractivity contribution is -0.138. The Hall–Kier alpha value is -1.45. The van der Waals surface area contributed by atoms with Crippen molar-refractivity contribution in [2.75, 3.05) is 37.8 Å². The Morgan fingerprint density at radius 2 is 2.04 bits per heavy atom. The quantitative estimate of drug-likeness (QED) is 0.622. The molecule has 2 atom stereocenters. The van der Waals surface area contributed by atoms with Gasteiger partial charge in [-0.25, -0.2) is 8.42 Å². The molecule has 0 unspecified atom stereocenters. The molecule has 0 aromatic carbocycles. The van der Waals surface area contributed by atoms with Crippen molar-refractivity contribution in [3.63, 3.8) is 0 Å². The van der Waals surface area contributed by atoms with Crippen molar-refractivity contribution in [1.82, 2.24) is 19.6 Å². The second-order valence-electron chi connectivity index (χ2n) is 6.92. The van der Waals surface area contributed by atoms with E-state index in [1.54, 1.807) is 4.90 Å². The highest BCUT2D eigenvalue weighted by atomic mass is 32.2. The van der Waals surface area contributed by atoms with Gasteiger partial charge in [-0.05, 0) is 13.8 Å². The first-order valence-electron chi connectivity index (χ1n) is 9.26. The van der Waals surface area contributed by atoms with E-state index in [4.69, 9.17) is 4.74 Å². The first-order valence-corrected chi connectivity index (χ1v) is 11.1. The number of aryl methyl sites for hydroxylation is 1. The van der Waals surface area contributed by atoms with E-state index in [2.05, 4.69) is 10.00 Å². The number of carbonyl (C=O) groups is 1. The van der Waals surface area contributed by atoms with Crippen molar-refractivity contribution in [3.8, 4) is 0 Å². The highest BCUT2D eigenvalue weighted by molar-refractivity contribution is 7.91. The number of sulfone groups is 1. The van der Waals surface area contributed by atoms with Crippen LogP contribution in [-0.2, 0) is 32.5 Å². The smallest absolute Gasteiger partial charge is 0.225 e. The molecule has 3 rings (SSSR count). The van der Waals surface area contributed by atoms with Crippen molar-refractivity contribution >= 4 is 15.7 Å². The molecule has 0 N–H and O–H groups in total. The lowest BCUT2D eigenvalue weighted by Crippen LogP contribution is -2.60. The van der Waals surface area contributed by atoms with Crippen molar-refractivity contribution in [2.24, 2.45) is 0 Å². The molecular weight excluding hydrogens is 356 g/mol. The van der Waals surface area contributed by atoms with Gasteiger partial charge in [0.15, 0.2) is 9.84 Å². The van der Waals surface area contributed by atoms with Crippen molar-refractivity contribution in [2.45, 2.75) is 45.4 Å². The number of hydrogen-bond acceptors (Lipinski definition) is 6. The molecular formula is C17H28N4O4S. The van der Waals surface area contributed by atoms with Crippen molar-refractivity contribution in [3.05, 3.63) is 18.0 Å². The molecule has 8 nitrogen and oxygen atoms in total. The minimum absolute atomic E-state index is 0.0102. The molecule has 2 fully saturated rings. The molecule has 0 bridgehead atoms. The second-order valence-corrected chi connectivity index (χ2v) is 9.07. The zero-order chi connectivity index (χ0) is 18.7. The Labute approximate surface area is 155 Å². The standard InChI is InChI=1S/C17H28N4O4S/c1-3-20-11-14(9-18-20)10-19-6-7-21(17(22)5-8-25-4-2)16-13-26(23,24)12-15(16)19/h9,11,15-16H,3-8,10,12-13H2,1-2H3/t15-,16+/m0/s1. The number of amides is 1. The number of carbonyl (C=O) groups excluding carboxylic acids is 1. The van der Waals surface area contributed by atoms with E-state index < -0.39 is 9.84 Å². The molecule has 2 aliphatic rings. The van der Waals surface area contributed by atoms with E-state index in [0.29, 0.717) is 39.3 Å². The molecule has 0 saturated carbocycles. The average molecular weight is 385 g/mol. The zero-order valence-corrected chi connectivity index (χ0v) is 16.3. The molecule has 2 aliphatic heterocycles. The summed E-state index contributed by atoms with van der Waals surface area (Å²) in [4.78, 5) is 16.5. The van der Waals surface area contributed by atoms with Crippen molar-refractivity contribution < 1.29 is 17.9 Å². The van der Waals surface area contributed by atoms with Gasteiger partial charge in [-0.15, -0.1) is 0 Å². The highest BCUT2D eigenvalue weighted by Gasteiger charge is 2.47. The van der Waals surface area contributed by atoms with Gasteiger partial charge in [0.2, 0.25) is 5.91 Å². The van der Waals surface area contributed by atoms with Crippen LogP contribution in [0.15, 0.2) is 12.4 Å².